The molecule has 0 spiro atoms. The zero-order valence-electron chi connectivity index (χ0n) is 36.3. The van der Waals surface area contributed by atoms with Crippen molar-refractivity contribution in [1.29, 1.82) is 0 Å². The van der Waals surface area contributed by atoms with Crippen LogP contribution in [0.4, 0.5) is 34.1 Å². The van der Waals surface area contributed by atoms with Gasteiger partial charge < -0.3 is 9.80 Å². The molecule has 4 heteroatoms. The number of para-hydroxylation sites is 6. The fraction of sp³-hybridized carbons (Fsp3) is 0.0161. The fourth-order valence-corrected chi connectivity index (χ4v) is 9.29. The summed E-state index contributed by atoms with van der Waals surface area (Å²) in [5.41, 5.74) is 13.2. The number of nitrogens with zero attached hydrogens (tertiary/aromatic N) is 2. The second-order valence-electron chi connectivity index (χ2n) is 15.7. The average molecular weight is 916 g/mol. The van der Waals surface area contributed by atoms with E-state index in [-0.39, 0.29) is 5.78 Å². The molecule has 1 aliphatic heterocycles. The van der Waals surface area contributed by atoms with Gasteiger partial charge in [0.05, 0.1) is 22.5 Å². The van der Waals surface area contributed by atoms with Crippen LogP contribution in [0.1, 0.15) is 38.2 Å². The maximum Gasteiger partial charge on any atom is 0.193 e. The number of benzene rings is 10. The van der Waals surface area contributed by atoms with E-state index in [0.29, 0.717) is 0 Å². The first-order chi connectivity index (χ1) is 32.6. The Morgan fingerprint density at radius 3 is 1.12 bits per heavy atom. The van der Waals surface area contributed by atoms with Gasteiger partial charge in [0.15, 0.2) is 5.78 Å². The molecule has 0 atom stereocenters. The van der Waals surface area contributed by atoms with Gasteiger partial charge >= 0.3 is 0 Å². The summed E-state index contributed by atoms with van der Waals surface area (Å²) in [4.78, 5) is 16.5. The van der Waals surface area contributed by atoms with Crippen molar-refractivity contribution < 1.29 is 4.79 Å². The number of anilines is 6. The third kappa shape index (κ3) is 9.01. The Morgan fingerprint density at radius 2 is 0.697 bits per heavy atom. The maximum absolute atomic E-state index is 11.8. The third-order valence-electron chi connectivity index (χ3n) is 11.7. The number of fused-ring (bicyclic) bond motifs is 2. The quantitative estimate of drug-likeness (QED) is 0.142. The Morgan fingerprint density at radius 1 is 0.364 bits per heavy atom. The number of ketones is 1. The molecule has 1 heterocycles. The molecule has 1 aliphatic rings. The highest BCUT2D eigenvalue weighted by Gasteiger charge is 2.46. The van der Waals surface area contributed by atoms with Crippen molar-refractivity contribution in [3.05, 3.63) is 323 Å². The van der Waals surface area contributed by atoms with Gasteiger partial charge in [-0.05, 0) is 98.8 Å². The summed E-state index contributed by atoms with van der Waals surface area (Å²) in [6.07, 6.45) is 0. The van der Waals surface area contributed by atoms with Gasteiger partial charge in [-0.3, -0.25) is 4.79 Å². The molecule has 0 unspecified atom stereocenters. The Bertz CT molecular complexity index is 2930. The van der Waals surface area contributed by atoms with Crippen LogP contribution in [0.3, 0.4) is 0 Å². The van der Waals surface area contributed by atoms with Gasteiger partial charge in [-0.15, -0.1) is 0 Å². The van der Waals surface area contributed by atoms with E-state index in [1.54, 1.807) is 0 Å². The monoisotopic (exact) mass is 914 g/mol. The van der Waals surface area contributed by atoms with Crippen molar-refractivity contribution in [2.75, 3.05) is 9.80 Å². The molecule has 0 saturated heterocycles. The summed E-state index contributed by atoms with van der Waals surface area (Å²) in [6, 6.07) is 97.8. The zero-order chi connectivity index (χ0) is 45.0. The van der Waals surface area contributed by atoms with Gasteiger partial charge in [-0.25, -0.2) is 0 Å². The molecule has 0 aliphatic carbocycles. The van der Waals surface area contributed by atoms with Crippen molar-refractivity contribution in [2.45, 2.75) is 5.41 Å². The summed E-state index contributed by atoms with van der Waals surface area (Å²) in [5, 5.41) is 0. The Labute approximate surface area is 396 Å². The minimum absolute atomic E-state index is 0.0752. The molecular weight excluding hydrogens is 869 g/mol. The van der Waals surface area contributed by atoms with Crippen molar-refractivity contribution >= 4 is 55.8 Å². The van der Waals surface area contributed by atoms with E-state index in [1.165, 1.54) is 39.3 Å². The van der Waals surface area contributed by atoms with Crippen molar-refractivity contribution in [2.24, 2.45) is 0 Å². The first-order valence-electron chi connectivity index (χ1n) is 22.1. The van der Waals surface area contributed by atoms with Gasteiger partial charge in [0.2, 0.25) is 0 Å². The van der Waals surface area contributed by atoms with Crippen LogP contribution in [0.15, 0.2) is 290 Å². The Balaban J connectivity index is 0.000000137. The van der Waals surface area contributed by atoms with E-state index in [2.05, 4.69) is 232 Å². The second-order valence-corrected chi connectivity index (χ2v) is 16.6. The lowest BCUT2D eigenvalue weighted by atomic mass is 9.62. The Kier molecular flexibility index (Phi) is 13.5. The number of halogens is 1. The number of rotatable bonds is 8. The standard InChI is InChI=1S/C31H23N.C18H14BrN.C13H10O/c1-4-14-24(15-5-1)31(25-16-6-2-7-17-25)27-20-10-12-22-29(27)32(26-18-8-3-9-19-26)30-23-13-11-21-28(30)31;19-17-13-7-8-14-18(17)20(15-9-3-1-4-10-15)16-11-5-2-6-12-16;14-13(11-7-3-1-4-8-11)12-9-5-2-6-10-12/h1-23H;1-14H;1-10H. The van der Waals surface area contributed by atoms with E-state index in [9.17, 15) is 4.79 Å². The minimum Gasteiger partial charge on any atom is -0.310 e. The first-order valence-corrected chi connectivity index (χ1v) is 22.9. The van der Waals surface area contributed by atoms with Gasteiger partial charge in [-0.2, -0.15) is 0 Å². The van der Waals surface area contributed by atoms with Crippen LogP contribution in [-0.2, 0) is 5.41 Å². The van der Waals surface area contributed by atoms with Crippen LogP contribution in [0, 0.1) is 0 Å². The molecule has 11 rings (SSSR count). The van der Waals surface area contributed by atoms with Gasteiger partial charge in [0, 0.05) is 32.7 Å². The van der Waals surface area contributed by atoms with Gasteiger partial charge in [0.1, 0.15) is 0 Å². The normalized spacial score (nSPS) is 11.9. The molecule has 0 saturated carbocycles. The van der Waals surface area contributed by atoms with Crippen molar-refractivity contribution in [3.63, 3.8) is 0 Å². The molecule has 318 valence electrons. The second kappa shape index (κ2) is 20.6. The SMILES string of the molecule is Brc1ccccc1N(c1ccccc1)c1ccccc1.O=C(c1ccccc1)c1ccccc1.c1ccc(N2c3ccccc3C(c3ccccc3)(c3ccccc3)c3ccccc32)cc1. The maximum atomic E-state index is 11.8. The van der Waals surface area contributed by atoms with Gasteiger partial charge in [0.25, 0.3) is 0 Å². The molecule has 10 aromatic carbocycles. The highest BCUT2D eigenvalue weighted by atomic mass is 79.9. The average Bonchev–Trinajstić information content (AvgIpc) is 3.40. The number of carbonyl (C=O) groups is 1. The van der Waals surface area contributed by atoms with E-state index < -0.39 is 5.41 Å². The van der Waals surface area contributed by atoms with E-state index in [4.69, 9.17) is 0 Å². The predicted molar refractivity (Wildman–Crippen MR) is 278 cm³/mol. The molecule has 3 nitrogen and oxygen atoms in total. The molecule has 0 amide bonds. The fourth-order valence-electron chi connectivity index (χ4n) is 8.83. The van der Waals surface area contributed by atoms with Crippen LogP contribution in [0.25, 0.3) is 0 Å². The van der Waals surface area contributed by atoms with E-state index in [0.717, 1.165) is 32.7 Å². The smallest absolute Gasteiger partial charge is 0.193 e. The number of carbonyl (C=O) groups excluding carboxylic acids is 1. The third-order valence-corrected chi connectivity index (χ3v) is 12.4. The summed E-state index contributed by atoms with van der Waals surface area (Å²) in [7, 11) is 0. The van der Waals surface area contributed by atoms with E-state index >= 15 is 0 Å². The lowest BCUT2D eigenvalue weighted by molar-refractivity contribution is 0.103. The van der Waals surface area contributed by atoms with Crippen LogP contribution in [0.5, 0.6) is 0 Å². The topological polar surface area (TPSA) is 23.6 Å². The lowest BCUT2D eigenvalue weighted by Crippen LogP contribution is -2.37. The predicted octanol–water partition coefficient (Wildman–Crippen LogP) is 16.7. The summed E-state index contributed by atoms with van der Waals surface area (Å²) in [6.45, 7) is 0. The van der Waals surface area contributed by atoms with Crippen molar-refractivity contribution in [3.8, 4) is 0 Å². The van der Waals surface area contributed by atoms with E-state index in [1.807, 2.05) is 78.9 Å². The molecule has 10 aromatic rings. The van der Waals surface area contributed by atoms with Crippen LogP contribution in [-0.4, -0.2) is 5.78 Å². The summed E-state index contributed by atoms with van der Waals surface area (Å²) in [5.74, 6) is 0.0752. The van der Waals surface area contributed by atoms with Crippen molar-refractivity contribution in [1.82, 2.24) is 0 Å². The first kappa shape index (κ1) is 43.2. The lowest BCUT2D eigenvalue weighted by Gasteiger charge is -2.46. The van der Waals surface area contributed by atoms with Gasteiger partial charge in [-0.1, -0.05) is 224 Å². The summed E-state index contributed by atoms with van der Waals surface area (Å²) >= 11 is 3.65. The zero-order valence-corrected chi connectivity index (χ0v) is 37.9. The van der Waals surface area contributed by atoms with Crippen LogP contribution >= 0.6 is 15.9 Å². The molecule has 0 fully saturated rings. The van der Waals surface area contributed by atoms with Crippen LogP contribution < -0.4 is 9.80 Å². The molecule has 66 heavy (non-hydrogen) atoms. The molecule has 0 aromatic heterocycles. The van der Waals surface area contributed by atoms with Crippen LogP contribution in [0.2, 0.25) is 0 Å². The summed E-state index contributed by atoms with van der Waals surface area (Å²) < 4.78 is 1.08. The highest BCUT2D eigenvalue weighted by molar-refractivity contribution is 9.10. The molecule has 0 radical (unpaired) electrons. The highest BCUT2D eigenvalue weighted by Crippen LogP contribution is 2.57. The molecule has 0 N–H and O–H groups in total. The Hall–Kier alpha value is -8.05. The molecule has 0 bridgehead atoms. The minimum atomic E-state index is -0.402. The number of hydrogen-bond donors (Lipinski definition) is 0. The largest absolute Gasteiger partial charge is 0.310 e. The molecular formula is C62H47BrN2O. The number of hydrogen-bond acceptors (Lipinski definition) is 3.